The van der Waals surface area contributed by atoms with Gasteiger partial charge in [-0.05, 0) is 46.6 Å². The third kappa shape index (κ3) is 5.96. The molecule has 1 aromatic rings. The molecule has 1 saturated heterocycles. The minimum atomic E-state index is -0.639. The van der Waals surface area contributed by atoms with Crippen LogP contribution in [0.25, 0.3) is 0 Å². The molecule has 0 bridgehead atoms. The molecule has 2 rings (SSSR count). The standard InChI is InChI=1S/C21H31NO5/c1-6-26-19(23)18-12-17(14-25-13-16-10-8-7-9-11-16)15(2)22(18)20(24)27-21(3,4)5/h7-11,15,17-18H,6,12-14H2,1-5H3/t15-,17-,18+/m1/s1. The van der Waals surface area contributed by atoms with Crippen molar-refractivity contribution in [2.75, 3.05) is 13.2 Å². The highest BCUT2D eigenvalue weighted by atomic mass is 16.6. The van der Waals surface area contributed by atoms with Gasteiger partial charge in [-0.15, -0.1) is 0 Å². The third-order valence-electron chi connectivity index (χ3n) is 4.59. The molecular weight excluding hydrogens is 346 g/mol. The van der Waals surface area contributed by atoms with Gasteiger partial charge in [-0.1, -0.05) is 30.3 Å². The molecule has 27 heavy (non-hydrogen) atoms. The average Bonchev–Trinajstić information content (AvgIpc) is 2.91. The van der Waals surface area contributed by atoms with Crippen LogP contribution in [-0.2, 0) is 25.6 Å². The summed E-state index contributed by atoms with van der Waals surface area (Å²) in [5.74, 6) is -0.351. The van der Waals surface area contributed by atoms with Gasteiger partial charge in [0.1, 0.15) is 11.6 Å². The SMILES string of the molecule is CCOC(=O)[C@@H]1C[C@H](COCc2ccccc2)[C@@H](C)N1C(=O)OC(C)(C)C. The molecule has 0 aliphatic carbocycles. The molecule has 0 N–H and O–H groups in total. The van der Waals surface area contributed by atoms with Crippen molar-refractivity contribution in [2.24, 2.45) is 5.92 Å². The predicted octanol–water partition coefficient (Wildman–Crippen LogP) is 3.78. The van der Waals surface area contributed by atoms with Gasteiger partial charge in [0.05, 0.1) is 19.8 Å². The van der Waals surface area contributed by atoms with E-state index in [0.717, 1.165) is 5.56 Å². The number of rotatable bonds is 6. The van der Waals surface area contributed by atoms with Crippen LogP contribution in [0.2, 0.25) is 0 Å². The van der Waals surface area contributed by atoms with E-state index >= 15 is 0 Å². The van der Waals surface area contributed by atoms with Crippen LogP contribution in [-0.4, -0.2) is 47.9 Å². The maximum Gasteiger partial charge on any atom is 0.411 e. The highest BCUT2D eigenvalue weighted by Crippen LogP contribution is 2.32. The number of ether oxygens (including phenoxy) is 3. The molecule has 0 aromatic heterocycles. The van der Waals surface area contributed by atoms with Gasteiger partial charge in [-0.2, -0.15) is 0 Å². The first-order valence-corrected chi connectivity index (χ1v) is 9.52. The minimum Gasteiger partial charge on any atom is -0.464 e. The Kier molecular flexibility index (Phi) is 7.25. The predicted molar refractivity (Wildman–Crippen MR) is 102 cm³/mol. The summed E-state index contributed by atoms with van der Waals surface area (Å²) in [4.78, 5) is 26.6. The number of benzene rings is 1. The topological polar surface area (TPSA) is 65.1 Å². The molecule has 6 heteroatoms. The van der Waals surface area contributed by atoms with Crippen LogP contribution in [0.3, 0.4) is 0 Å². The Hall–Kier alpha value is -2.08. The first kappa shape index (κ1) is 21.2. The fourth-order valence-corrected chi connectivity index (χ4v) is 3.27. The quantitative estimate of drug-likeness (QED) is 0.706. The van der Waals surface area contributed by atoms with E-state index in [4.69, 9.17) is 14.2 Å². The lowest BCUT2D eigenvalue weighted by atomic mass is 10.0. The van der Waals surface area contributed by atoms with Gasteiger partial charge in [0.2, 0.25) is 0 Å². The van der Waals surface area contributed by atoms with E-state index in [1.54, 1.807) is 6.92 Å². The third-order valence-corrected chi connectivity index (χ3v) is 4.59. The Labute approximate surface area is 161 Å². The monoisotopic (exact) mass is 377 g/mol. The second kappa shape index (κ2) is 9.22. The highest BCUT2D eigenvalue weighted by Gasteiger charge is 2.47. The number of hydrogen-bond donors (Lipinski definition) is 0. The zero-order chi connectivity index (χ0) is 20.0. The molecule has 6 nitrogen and oxygen atoms in total. The maximum atomic E-state index is 12.7. The molecule has 0 spiro atoms. The number of likely N-dealkylation sites (tertiary alicyclic amines) is 1. The van der Waals surface area contributed by atoms with Crippen LogP contribution in [0.15, 0.2) is 30.3 Å². The van der Waals surface area contributed by atoms with Crippen molar-refractivity contribution in [3.05, 3.63) is 35.9 Å². The number of carbonyl (C=O) groups excluding carboxylic acids is 2. The van der Waals surface area contributed by atoms with Crippen molar-refractivity contribution in [1.82, 2.24) is 4.90 Å². The minimum absolute atomic E-state index is 0.0376. The lowest BCUT2D eigenvalue weighted by molar-refractivity contribution is -0.148. The summed E-state index contributed by atoms with van der Waals surface area (Å²) in [5, 5.41) is 0. The molecule has 1 amide bonds. The fraction of sp³-hybridized carbons (Fsp3) is 0.619. The molecule has 0 saturated carbocycles. The van der Waals surface area contributed by atoms with Crippen LogP contribution in [0, 0.1) is 5.92 Å². The molecule has 1 aliphatic rings. The van der Waals surface area contributed by atoms with Crippen molar-refractivity contribution in [2.45, 2.75) is 65.3 Å². The molecule has 0 unspecified atom stereocenters. The molecule has 0 radical (unpaired) electrons. The van der Waals surface area contributed by atoms with E-state index in [9.17, 15) is 9.59 Å². The van der Waals surface area contributed by atoms with Crippen molar-refractivity contribution in [3.8, 4) is 0 Å². The van der Waals surface area contributed by atoms with E-state index in [-0.39, 0.29) is 24.5 Å². The number of carbonyl (C=O) groups is 2. The Morgan fingerprint density at radius 3 is 2.44 bits per heavy atom. The van der Waals surface area contributed by atoms with Gasteiger partial charge >= 0.3 is 12.1 Å². The summed E-state index contributed by atoms with van der Waals surface area (Å²) in [7, 11) is 0. The van der Waals surface area contributed by atoms with Crippen LogP contribution >= 0.6 is 0 Å². The van der Waals surface area contributed by atoms with Crippen LogP contribution < -0.4 is 0 Å². The van der Waals surface area contributed by atoms with Crippen molar-refractivity contribution in [3.63, 3.8) is 0 Å². The van der Waals surface area contributed by atoms with Crippen LogP contribution in [0.5, 0.6) is 0 Å². The smallest absolute Gasteiger partial charge is 0.411 e. The van der Waals surface area contributed by atoms with Crippen molar-refractivity contribution in [1.29, 1.82) is 0 Å². The second-order valence-electron chi connectivity index (χ2n) is 7.89. The zero-order valence-corrected chi connectivity index (χ0v) is 16.9. The maximum absolute atomic E-state index is 12.7. The highest BCUT2D eigenvalue weighted by molar-refractivity contribution is 5.82. The fourth-order valence-electron chi connectivity index (χ4n) is 3.27. The lowest BCUT2D eigenvalue weighted by Gasteiger charge is -2.31. The Morgan fingerprint density at radius 1 is 1.19 bits per heavy atom. The van der Waals surface area contributed by atoms with E-state index in [1.165, 1.54) is 4.90 Å². The molecule has 3 atom stereocenters. The van der Waals surface area contributed by atoms with E-state index in [2.05, 4.69) is 0 Å². The van der Waals surface area contributed by atoms with Crippen molar-refractivity contribution >= 4 is 12.1 Å². The largest absolute Gasteiger partial charge is 0.464 e. The summed E-state index contributed by atoms with van der Waals surface area (Å²) in [6.45, 7) is 10.4. The first-order chi connectivity index (χ1) is 12.7. The first-order valence-electron chi connectivity index (χ1n) is 9.52. The number of esters is 1. The van der Waals surface area contributed by atoms with E-state index in [1.807, 2.05) is 58.0 Å². The number of amides is 1. The van der Waals surface area contributed by atoms with Crippen LogP contribution in [0.1, 0.15) is 46.6 Å². The average molecular weight is 377 g/mol. The Morgan fingerprint density at radius 2 is 1.85 bits per heavy atom. The van der Waals surface area contributed by atoms with Crippen molar-refractivity contribution < 1.29 is 23.8 Å². The summed E-state index contributed by atoms with van der Waals surface area (Å²) < 4.78 is 16.5. The van der Waals surface area contributed by atoms with Gasteiger partial charge < -0.3 is 14.2 Å². The zero-order valence-electron chi connectivity index (χ0n) is 16.9. The van der Waals surface area contributed by atoms with Gasteiger partial charge in [-0.3, -0.25) is 4.90 Å². The normalized spacial score (nSPS) is 22.6. The second-order valence-corrected chi connectivity index (χ2v) is 7.89. The molecule has 1 heterocycles. The van der Waals surface area contributed by atoms with Gasteiger partial charge in [0.15, 0.2) is 0 Å². The number of nitrogens with zero attached hydrogens (tertiary/aromatic N) is 1. The molecule has 1 aliphatic heterocycles. The Balaban J connectivity index is 2.04. The summed E-state index contributed by atoms with van der Waals surface area (Å²) >= 11 is 0. The lowest BCUT2D eigenvalue weighted by Crippen LogP contribution is -2.47. The molecule has 1 aromatic carbocycles. The summed E-state index contributed by atoms with van der Waals surface area (Å²) in [6, 6.07) is 9.10. The van der Waals surface area contributed by atoms with Gasteiger partial charge in [-0.25, -0.2) is 9.59 Å². The van der Waals surface area contributed by atoms with E-state index in [0.29, 0.717) is 19.6 Å². The number of hydrogen-bond acceptors (Lipinski definition) is 5. The summed E-state index contributed by atoms with van der Waals surface area (Å²) in [5.41, 5.74) is 0.465. The van der Waals surface area contributed by atoms with Gasteiger partial charge in [0, 0.05) is 12.0 Å². The molecular formula is C21H31NO5. The Bertz CT molecular complexity index is 625. The van der Waals surface area contributed by atoms with Crippen LogP contribution in [0.4, 0.5) is 4.79 Å². The van der Waals surface area contributed by atoms with Gasteiger partial charge in [0.25, 0.3) is 0 Å². The van der Waals surface area contributed by atoms with E-state index < -0.39 is 17.7 Å². The molecule has 1 fully saturated rings. The summed E-state index contributed by atoms with van der Waals surface area (Å²) in [6.07, 6.45) is 0.0206. The molecule has 150 valence electrons.